The van der Waals surface area contributed by atoms with Crippen LogP contribution in [0.15, 0.2) is 0 Å². The molecule has 2 heterocycles. The van der Waals surface area contributed by atoms with E-state index in [0.717, 1.165) is 19.3 Å². The van der Waals surface area contributed by atoms with Gasteiger partial charge in [-0.05, 0) is 60.7 Å². The van der Waals surface area contributed by atoms with E-state index in [2.05, 4.69) is 0 Å². The number of hydrogen-bond acceptors (Lipinski definition) is 6. The van der Waals surface area contributed by atoms with Crippen molar-refractivity contribution in [1.82, 2.24) is 0 Å². The molecule has 0 aromatic rings. The molecule has 0 spiro atoms. The van der Waals surface area contributed by atoms with Crippen LogP contribution in [0.3, 0.4) is 0 Å². The second-order valence-corrected chi connectivity index (χ2v) is 8.60. The van der Waals surface area contributed by atoms with E-state index < -0.39 is 5.97 Å². The number of carbonyl (C=O) groups is 4. The molecule has 7 aliphatic rings. The SMILES string of the molecule is CC.O=C1CC2C3CCC(C2C(=O)O1)C1C2CC(C4C(=O)OC(=O)C24)C31.S. The van der Waals surface area contributed by atoms with Crippen molar-refractivity contribution in [3.05, 3.63) is 0 Å². The van der Waals surface area contributed by atoms with E-state index in [9.17, 15) is 19.2 Å². The van der Waals surface area contributed by atoms with E-state index in [4.69, 9.17) is 9.47 Å². The highest BCUT2D eigenvalue weighted by Crippen LogP contribution is 2.72. The molecule has 10 unspecified atom stereocenters. The molecule has 0 N–H and O–H groups in total. The van der Waals surface area contributed by atoms with Crippen molar-refractivity contribution in [2.24, 2.45) is 59.2 Å². The summed E-state index contributed by atoms with van der Waals surface area (Å²) in [5, 5.41) is 0. The summed E-state index contributed by atoms with van der Waals surface area (Å²) in [6.07, 6.45) is 3.23. The molecular weight excluding hydrogens is 368 g/mol. The largest absolute Gasteiger partial charge is 0.393 e. The Bertz CT molecular complexity index is 719. The lowest BCUT2D eigenvalue weighted by Gasteiger charge is -2.59. The van der Waals surface area contributed by atoms with Crippen LogP contribution in [0.1, 0.15) is 39.5 Å². The van der Waals surface area contributed by atoms with Crippen LogP contribution in [0.25, 0.3) is 0 Å². The molecule has 7 heteroatoms. The smallest absolute Gasteiger partial charge is 0.317 e. The zero-order valence-electron chi connectivity index (χ0n) is 15.6. The molecular formula is C20H26O6S. The van der Waals surface area contributed by atoms with Crippen molar-refractivity contribution >= 4 is 37.4 Å². The third-order valence-electron chi connectivity index (χ3n) is 8.22. The van der Waals surface area contributed by atoms with Crippen LogP contribution in [0, 0.1) is 59.2 Å². The first kappa shape index (κ1) is 19.0. The van der Waals surface area contributed by atoms with Gasteiger partial charge in [-0.15, -0.1) is 0 Å². The number of hydrogen-bond donors (Lipinski definition) is 0. The minimum absolute atomic E-state index is 0. The molecule has 4 bridgehead atoms. The zero-order valence-corrected chi connectivity index (χ0v) is 16.6. The summed E-state index contributed by atoms with van der Waals surface area (Å²) in [4.78, 5) is 48.5. The summed E-state index contributed by atoms with van der Waals surface area (Å²) in [5.41, 5.74) is 0. The van der Waals surface area contributed by atoms with Gasteiger partial charge in [0.1, 0.15) is 0 Å². The summed E-state index contributed by atoms with van der Waals surface area (Å²) in [7, 11) is 0. The topological polar surface area (TPSA) is 86.7 Å². The highest BCUT2D eigenvalue weighted by molar-refractivity contribution is 7.59. The van der Waals surface area contributed by atoms with Gasteiger partial charge in [0.25, 0.3) is 0 Å². The fourth-order valence-electron chi connectivity index (χ4n) is 7.90. The van der Waals surface area contributed by atoms with Crippen molar-refractivity contribution in [1.29, 1.82) is 0 Å². The Labute approximate surface area is 165 Å². The van der Waals surface area contributed by atoms with E-state index in [1.165, 1.54) is 0 Å². The minimum Gasteiger partial charge on any atom is -0.393 e. The van der Waals surface area contributed by atoms with Crippen molar-refractivity contribution in [2.75, 3.05) is 0 Å². The quantitative estimate of drug-likeness (QED) is 0.462. The number of esters is 4. The van der Waals surface area contributed by atoms with Crippen LogP contribution in [-0.4, -0.2) is 23.9 Å². The molecule has 7 fully saturated rings. The van der Waals surface area contributed by atoms with Gasteiger partial charge in [0.15, 0.2) is 0 Å². The molecule has 6 nitrogen and oxygen atoms in total. The van der Waals surface area contributed by atoms with Crippen LogP contribution in [0.2, 0.25) is 0 Å². The Hall–Kier alpha value is -1.37. The molecule has 5 aliphatic carbocycles. The Morgan fingerprint density at radius 2 is 1.19 bits per heavy atom. The van der Waals surface area contributed by atoms with E-state index >= 15 is 0 Å². The van der Waals surface area contributed by atoms with Gasteiger partial charge in [0, 0.05) is 6.42 Å². The van der Waals surface area contributed by atoms with E-state index in [0.29, 0.717) is 24.2 Å². The first-order chi connectivity index (χ1) is 12.6. The highest BCUT2D eigenvalue weighted by Gasteiger charge is 2.73. The minimum atomic E-state index is -0.401. The molecule has 0 aromatic carbocycles. The van der Waals surface area contributed by atoms with Crippen molar-refractivity contribution < 1.29 is 28.7 Å². The summed E-state index contributed by atoms with van der Waals surface area (Å²) in [6, 6.07) is 0. The van der Waals surface area contributed by atoms with Gasteiger partial charge >= 0.3 is 23.9 Å². The van der Waals surface area contributed by atoms with Gasteiger partial charge < -0.3 is 9.47 Å². The van der Waals surface area contributed by atoms with Crippen molar-refractivity contribution in [3.8, 4) is 0 Å². The molecule has 148 valence electrons. The van der Waals surface area contributed by atoms with Gasteiger partial charge in [0.05, 0.1) is 17.8 Å². The summed E-state index contributed by atoms with van der Waals surface area (Å²) >= 11 is 0. The predicted molar refractivity (Wildman–Crippen MR) is 97.3 cm³/mol. The van der Waals surface area contributed by atoms with Crippen LogP contribution >= 0.6 is 13.5 Å². The lowest BCUT2D eigenvalue weighted by atomic mass is 9.45. The first-order valence-corrected chi connectivity index (χ1v) is 10.1. The van der Waals surface area contributed by atoms with E-state index in [-0.39, 0.29) is 72.8 Å². The molecule has 0 radical (unpaired) electrons. The molecule has 0 aromatic heterocycles. The number of ether oxygens (including phenoxy) is 2. The summed E-state index contributed by atoms with van der Waals surface area (Å²) in [6.45, 7) is 4.00. The Morgan fingerprint density at radius 1 is 0.667 bits per heavy atom. The average Bonchev–Trinajstić information content (AvgIpc) is 3.28. The number of fused-ring (bicyclic) bond motifs is 6. The predicted octanol–water partition coefficient (Wildman–Crippen LogP) is 2.07. The van der Waals surface area contributed by atoms with Crippen LogP contribution < -0.4 is 0 Å². The normalized spacial score (nSPS) is 50.6. The highest BCUT2D eigenvalue weighted by atomic mass is 32.1. The lowest BCUT2D eigenvalue weighted by molar-refractivity contribution is -0.193. The Balaban J connectivity index is 0.000000582. The monoisotopic (exact) mass is 394 g/mol. The molecule has 10 atom stereocenters. The lowest BCUT2D eigenvalue weighted by Crippen LogP contribution is -2.59. The van der Waals surface area contributed by atoms with Gasteiger partial charge in [-0.3, -0.25) is 19.2 Å². The summed E-state index contributed by atoms with van der Waals surface area (Å²) < 4.78 is 9.88. The molecule has 7 rings (SSSR count). The first-order valence-electron chi connectivity index (χ1n) is 10.1. The third kappa shape index (κ3) is 2.21. The molecule has 5 saturated carbocycles. The molecule has 2 saturated heterocycles. The second-order valence-electron chi connectivity index (χ2n) is 8.60. The fourth-order valence-corrected chi connectivity index (χ4v) is 7.90. The number of carbonyl (C=O) groups excluding carboxylic acids is 4. The van der Waals surface area contributed by atoms with Gasteiger partial charge in [-0.1, -0.05) is 13.8 Å². The maximum Gasteiger partial charge on any atom is 0.317 e. The Kier molecular flexibility index (Phi) is 4.44. The standard InChI is InChI=1S/C18H18O6.C2H6.H2S/c19-10-4-7-5-1-2-6(13(7)16(20)23-10)12-9-3-8(11(5)12)14-15(9)18(22)24-17(14)21;1-2;/h5-9,11-15H,1-4H2;1-2H3;1H2. The van der Waals surface area contributed by atoms with Crippen molar-refractivity contribution in [2.45, 2.75) is 39.5 Å². The Morgan fingerprint density at radius 3 is 1.81 bits per heavy atom. The van der Waals surface area contributed by atoms with E-state index in [1.807, 2.05) is 13.8 Å². The summed E-state index contributed by atoms with van der Waals surface area (Å²) in [5.74, 6) is -0.558. The van der Waals surface area contributed by atoms with Crippen LogP contribution in [0.4, 0.5) is 0 Å². The van der Waals surface area contributed by atoms with Gasteiger partial charge in [-0.25, -0.2) is 0 Å². The average molecular weight is 394 g/mol. The van der Waals surface area contributed by atoms with E-state index in [1.54, 1.807) is 0 Å². The molecule has 2 aliphatic heterocycles. The maximum absolute atomic E-state index is 12.4. The third-order valence-corrected chi connectivity index (χ3v) is 8.22. The second kappa shape index (κ2) is 6.33. The van der Waals surface area contributed by atoms with Gasteiger partial charge in [0.2, 0.25) is 0 Å². The molecule has 27 heavy (non-hydrogen) atoms. The van der Waals surface area contributed by atoms with Crippen LogP contribution in [-0.2, 0) is 28.7 Å². The van der Waals surface area contributed by atoms with Crippen LogP contribution in [0.5, 0.6) is 0 Å². The number of rotatable bonds is 0. The fraction of sp³-hybridized carbons (Fsp3) is 0.800. The zero-order chi connectivity index (χ0) is 18.3. The van der Waals surface area contributed by atoms with Gasteiger partial charge in [-0.2, -0.15) is 13.5 Å². The molecule has 0 amide bonds. The van der Waals surface area contributed by atoms with Crippen molar-refractivity contribution in [3.63, 3.8) is 0 Å². The maximum atomic E-state index is 12.4. The number of cyclic esters (lactones) is 4.